The van der Waals surface area contributed by atoms with Crippen molar-refractivity contribution in [3.63, 3.8) is 0 Å². The maximum absolute atomic E-state index is 4.15. The Hall–Kier alpha value is -1.55. The first-order chi connectivity index (χ1) is 9.33. The molecule has 4 nitrogen and oxygen atoms in total. The Morgan fingerprint density at radius 1 is 1.37 bits per heavy atom. The maximum Gasteiger partial charge on any atom is 0.190 e. The summed E-state index contributed by atoms with van der Waals surface area (Å²) in [7, 11) is 3.70. The van der Waals surface area contributed by atoms with Crippen molar-refractivity contribution >= 4 is 5.96 Å². The van der Waals surface area contributed by atoms with Gasteiger partial charge in [-0.25, -0.2) is 0 Å². The molecule has 1 unspecified atom stereocenters. The minimum Gasteiger partial charge on any atom is -0.359 e. The van der Waals surface area contributed by atoms with E-state index in [9.17, 15) is 0 Å². The molecular weight excluding hydrogens is 236 g/mol. The van der Waals surface area contributed by atoms with Gasteiger partial charge in [0, 0.05) is 33.2 Å². The predicted molar refractivity (Wildman–Crippen MR) is 80.3 cm³/mol. The molecular formula is C15H24N4. The van der Waals surface area contributed by atoms with Crippen LogP contribution in [0, 0.1) is 0 Å². The number of nitrogens with zero attached hydrogens (tertiary/aromatic N) is 2. The largest absolute Gasteiger partial charge is 0.359 e. The Morgan fingerprint density at radius 3 is 2.84 bits per heavy atom. The van der Waals surface area contributed by atoms with Crippen molar-refractivity contribution in [1.82, 2.24) is 15.5 Å². The molecule has 1 aromatic carbocycles. The molecule has 0 amide bonds. The van der Waals surface area contributed by atoms with E-state index in [0.29, 0.717) is 6.04 Å². The van der Waals surface area contributed by atoms with E-state index in [0.717, 1.165) is 19.0 Å². The van der Waals surface area contributed by atoms with Gasteiger partial charge in [-0.1, -0.05) is 30.3 Å². The molecule has 0 spiro atoms. The van der Waals surface area contributed by atoms with Crippen LogP contribution < -0.4 is 10.6 Å². The first kappa shape index (κ1) is 13.9. The van der Waals surface area contributed by atoms with E-state index in [4.69, 9.17) is 0 Å². The lowest BCUT2D eigenvalue weighted by atomic mass is 10.2. The van der Waals surface area contributed by atoms with Crippen molar-refractivity contribution in [3.8, 4) is 0 Å². The average molecular weight is 260 g/mol. The molecule has 2 rings (SSSR count). The SMILES string of the molecule is CN=C(NC)NCC1CCCN1Cc1ccccc1. The van der Waals surface area contributed by atoms with Crippen molar-refractivity contribution < 1.29 is 0 Å². The van der Waals surface area contributed by atoms with E-state index in [2.05, 4.69) is 50.9 Å². The molecule has 1 heterocycles. The van der Waals surface area contributed by atoms with Crippen LogP contribution in [-0.2, 0) is 6.54 Å². The molecule has 0 radical (unpaired) electrons. The van der Waals surface area contributed by atoms with Gasteiger partial charge in [-0.2, -0.15) is 0 Å². The Morgan fingerprint density at radius 2 is 2.16 bits per heavy atom. The van der Waals surface area contributed by atoms with Gasteiger partial charge in [0.1, 0.15) is 0 Å². The second-order valence-electron chi connectivity index (χ2n) is 4.96. The molecule has 19 heavy (non-hydrogen) atoms. The minimum absolute atomic E-state index is 0.602. The molecule has 0 aliphatic carbocycles. The summed E-state index contributed by atoms with van der Waals surface area (Å²) in [5.74, 6) is 0.867. The molecule has 1 fully saturated rings. The predicted octanol–water partition coefficient (Wildman–Crippen LogP) is 1.45. The van der Waals surface area contributed by atoms with Crippen LogP contribution in [0.3, 0.4) is 0 Å². The number of benzene rings is 1. The van der Waals surface area contributed by atoms with Crippen LogP contribution in [0.5, 0.6) is 0 Å². The van der Waals surface area contributed by atoms with Crippen molar-refractivity contribution in [1.29, 1.82) is 0 Å². The Bertz CT molecular complexity index is 402. The second kappa shape index (κ2) is 7.14. The van der Waals surface area contributed by atoms with E-state index < -0.39 is 0 Å². The topological polar surface area (TPSA) is 39.7 Å². The first-order valence-corrected chi connectivity index (χ1v) is 7.00. The summed E-state index contributed by atoms with van der Waals surface area (Å²) in [4.78, 5) is 6.71. The first-order valence-electron chi connectivity index (χ1n) is 7.00. The van der Waals surface area contributed by atoms with Gasteiger partial charge in [-0.05, 0) is 24.9 Å². The van der Waals surface area contributed by atoms with Gasteiger partial charge in [0.2, 0.25) is 0 Å². The van der Waals surface area contributed by atoms with Gasteiger partial charge in [0.25, 0.3) is 0 Å². The van der Waals surface area contributed by atoms with Crippen molar-refractivity contribution in [2.45, 2.75) is 25.4 Å². The fraction of sp³-hybridized carbons (Fsp3) is 0.533. The maximum atomic E-state index is 4.15. The smallest absolute Gasteiger partial charge is 0.190 e. The van der Waals surface area contributed by atoms with Crippen LogP contribution in [0.15, 0.2) is 35.3 Å². The molecule has 0 aromatic heterocycles. The van der Waals surface area contributed by atoms with E-state index in [1.807, 2.05) is 7.05 Å². The molecule has 4 heteroatoms. The third kappa shape index (κ3) is 3.96. The lowest BCUT2D eigenvalue weighted by Crippen LogP contribution is -2.43. The highest BCUT2D eigenvalue weighted by atomic mass is 15.2. The zero-order valence-corrected chi connectivity index (χ0v) is 11.9. The van der Waals surface area contributed by atoms with Gasteiger partial charge in [0.05, 0.1) is 0 Å². The molecule has 1 saturated heterocycles. The van der Waals surface area contributed by atoms with E-state index in [-0.39, 0.29) is 0 Å². The lowest BCUT2D eigenvalue weighted by Gasteiger charge is -2.25. The number of nitrogens with one attached hydrogen (secondary N) is 2. The van der Waals surface area contributed by atoms with Crippen molar-refractivity contribution in [3.05, 3.63) is 35.9 Å². The quantitative estimate of drug-likeness (QED) is 0.636. The number of likely N-dealkylation sites (tertiary alicyclic amines) is 1. The van der Waals surface area contributed by atoms with Gasteiger partial charge < -0.3 is 10.6 Å². The molecule has 1 aliphatic heterocycles. The molecule has 1 atom stereocenters. The van der Waals surface area contributed by atoms with Crippen LogP contribution in [0.25, 0.3) is 0 Å². The van der Waals surface area contributed by atoms with Gasteiger partial charge >= 0.3 is 0 Å². The summed E-state index contributed by atoms with van der Waals surface area (Å²) in [5.41, 5.74) is 1.40. The normalized spacial score (nSPS) is 20.5. The third-order valence-electron chi connectivity index (χ3n) is 3.69. The standard InChI is InChI=1S/C15H24N4/c1-16-15(17-2)18-11-14-9-6-10-19(14)12-13-7-4-3-5-8-13/h3-5,7-8,14H,6,9-12H2,1-2H3,(H2,16,17,18). The van der Waals surface area contributed by atoms with Gasteiger partial charge in [0.15, 0.2) is 5.96 Å². The Kier molecular flexibility index (Phi) is 5.21. The number of hydrogen-bond donors (Lipinski definition) is 2. The Balaban J connectivity index is 1.87. The molecule has 2 N–H and O–H groups in total. The summed E-state index contributed by atoms with van der Waals surface area (Å²) in [5, 5.41) is 6.43. The summed E-state index contributed by atoms with van der Waals surface area (Å²) in [6, 6.07) is 11.3. The fourth-order valence-corrected chi connectivity index (χ4v) is 2.65. The summed E-state index contributed by atoms with van der Waals surface area (Å²) >= 11 is 0. The number of hydrogen-bond acceptors (Lipinski definition) is 2. The highest BCUT2D eigenvalue weighted by molar-refractivity contribution is 5.79. The van der Waals surface area contributed by atoms with E-state index in [1.54, 1.807) is 7.05 Å². The summed E-state index contributed by atoms with van der Waals surface area (Å²) in [6.45, 7) is 3.20. The average Bonchev–Trinajstić information content (AvgIpc) is 2.88. The van der Waals surface area contributed by atoms with Crippen LogP contribution in [-0.4, -0.2) is 44.1 Å². The fourth-order valence-electron chi connectivity index (χ4n) is 2.65. The van der Waals surface area contributed by atoms with E-state index >= 15 is 0 Å². The number of aliphatic imine (C=N–C) groups is 1. The van der Waals surface area contributed by atoms with Crippen LogP contribution in [0.2, 0.25) is 0 Å². The highest BCUT2D eigenvalue weighted by Crippen LogP contribution is 2.19. The molecule has 1 aromatic rings. The molecule has 104 valence electrons. The monoisotopic (exact) mass is 260 g/mol. The van der Waals surface area contributed by atoms with Crippen molar-refractivity contribution in [2.75, 3.05) is 27.2 Å². The highest BCUT2D eigenvalue weighted by Gasteiger charge is 2.24. The van der Waals surface area contributed by atoms with Crippen LogP contribution in [0.4, 0.5) is 0 Å². The zero-order chi connectivity index (χ0) is 13.5. The van der Waals surface area contributed by atoms with Crippen LogP contribution in [0.1, 0.15) is 18.4 Å². The van der Waals surface area contributed by atoms with E-state index in [1.165, 1.54) is 24.9 Å². The summed E-state index contributed by atoms with van der Waals surface area (Å²) < 4.78 is 0. The Labute approximate surface area is 115 Å². The second-order valence-corrected chi connectivity index (χ2v) is 4.96. The molecule has 1 aliphatic rings. The number of rotatable bonds is 4. The molecule has 0 saturated carbocycles. The summed E-state index contributed by atoms with van der Waals surface area (Å²) in [6.07, 6.45) is 2.55. The lowest BCUT2D eigenvalue weighted by molar-refractivity contribution is 0.245. The number of guanidine groups is 1. The van der Waals surface area contributed by atoms with Gasteiger partial charge in [-0.15, -0.1) is 0 Å². The third-order valence-corrected chi connectivity index (χ3v) is 3.69. The molecule has 0 bridgehead atoms. The van der Waals surface area contributed by atoms with Crippen molar-refractivity contribution in [2.24, 2.45) is 4.99 Å². The van der Waals surface area contributed by atoms with Gasteiger partial charge in [-0.3, -0.25) is 9.89 Å². The van der Waals surface area contributed by atoms with Crippen LogP contribution >= 0.6 is 0 Å². The zero-order valence-electron chi connectivity index (χ0n) is 11.9. The minimum atomic E-state index is 0.602.